The Balaban J connectivity index is 3.02. The highest BCUT2D eigenvalue weighted by atomic mass is 14.6. The zero-order chi connectivity index (χ0) is 10.7. The lowest BCUT2D eigenvalue weighted by Gasteiger charge is -2.12. The Morgan fingerprint density at radius 1 is 1.29 bits per heavy atom. The van der Waals surface area contributed by atoms with Crippen LogP contribution in [0.2, 0.25) is 0 Å². The predicted octanol–water partition coefficient (Wildman–Crippen LogP) is 3.27. The quantitative estimate of drug-likeness (QED) is 0.710. The highest BCUT2D eigenvalue weighted by molar-refractivity contribution is 5.34. The lowest BCUT2D eigenvalue weighted by molar-refractivity contribution is 0.887. The van der Waals surface area contributed by atoms with Crippen molar-refractivity contribution in [3.8, 4) is 0 Å². The fourth-order valence-electron chi connectivity index (χ4n) is 1.65. The summed E-state index contributed by atoms with van der Waals surface area (Å²) in [6.45, 7) is 8.36. The van der Waals surface area contributed by atoms with Crippen LogP contribution in [0.4, 0.5) is 0 Å². The van der Waals surface area contributed by atoms with Gasteiger partial charge in [-0.3, -0.25) is 0 Å². The van der Waals surface area contributed by atoms with Crippen LogP contribution in [0.3, 0.4) is 0 Å². The monoisotopic (exact) mass is 189 g/mol. The third-order valence-electron chi connectivity index (χ3n) is 2.30. The minimum atomic E-state index is 0.0283. The van der Waals surface area contributed by atoms with Crippen molar-refractivity contribution in [3.63, 3.8) is 0 Å². The van der Waals surface area contributed by atoms with Gasteiger partial charge in [0.25, 0.3) is 0 Å². The van der Waals surface area contributed by atoms with Crippen LogP contribution < -0.4 is 5.73 Å². The van der Waals surface area contributed by atoms with Gasteiger partial charge in [0.15, 0.2) is 0 Å². The maximum Gasteiger partial charge on any atom is 0.0486 e. The standard InChI is InChI=1S/C13H19N/c1-9(2)7-13(14)12-6-5-10(3)8-11(12)4/h5-8,13H,14H2,1-4H3. The first-order valence-corrected chi connectivity index (χ1v) is 4.98. The third-order valence-corrected chi connectivity index (χ3v) is 2.30. The summed E-state index contributed by atoms with van der Waals surface area (Å²) in [4.78, 5) is 0. The van der Waals surface area contributed by atoms with E-state index in [0.29, 0.717) is 0 Å². The van der Waals surface area contributed by atoms with Crippen molar-refractivity contribution in [1.29, 1.82) is 0 Å². The molecule has 2 N–H and O–H groups in total. The molecule has 0 saturated heterocycles. The van der Waals surface area contributed by atoms with Gasteiger partial charge in [-0.25, -0.2) is 0 Å². The van der Waals surface area contributed by atoms with Crippen LogP contribution in [0.5, 0.6) is 0 Å². The Kier molecular flexibility index (Phi) is 3.48. The molecule has 1 aromatic carbocycles. The van der Waals surface area contributed by atoms with E-state index < -0.39 is 0 Å². The van der Waals surface area contributed by atoms with E-state index in [1.54, 1.807) is 0 Å². The molecule has 1 unspecified atom stereocenters. The topological polar surface area (TPSA) is 26.0 Å². The molecule has 0 heterocycles. The molecule has 1 nitrogen and oxygen atoms in total. The summed E-state index contributed by atoms with van der Waals surface area (Å²) in [6, 6.07) is 6.43. The molecule has 0 aliphatic rings. The van der Waals surface area contributed by atoms with Crippen LogP contribution in [0.15, 0.2) is 29.8 Å². The van der Waals surface area contributed by atoms with Gasteiger partial charge in [0, 0.05) is 6.04 Å². The molecule has 0 radical (unpaired) electrons. The Labute approximate surface area is 86.6 Å². The summed E-state index contributed by atoms with van der Waals surface area (Å²) < 4.78 is 0. The first kappa shape index (κ1) is 11.0. The highest BCUT2D eigenvalue weighted by Crippen LogP contribution is 2.18. The molecule has 0 amide bonds. The van der Waals surface area contributed by atoms with E-state index in [1.165, 1.54) is 22.3 Å². The average Bonchev–Trinajstić information content (AvgIpc) is 2.01. The van der Waals surface area contributed by atoms with Crippen LogP contribution >= 0.6 is 0 Å². The average molecular weight is 189 g/mol. The second-order valence-electron chi connectivity index (χ2n) is 4.13. The molecule has 0 bridgehead atoms. The Morgan fingerprint density at radius 3 is 2.43 bits per heavy atom. The van der Waals surface area contributed by atoms with Crippen molar-refractivity contribution in [2.24, 2.45) is 5.73 Å². The number of hydrogen-bond donors (Lipinski definition) is 1. The number of nitrogens with two attached hydrogens (primary N) is 1. The molecular weight excluding hydrogens is 170 g/mol. The van der Waals surface area contributed by atoms with E-state index in [1.807, 2.05) is 0 Å². The summed E-state index contributed by atoms with van der Waals surface area (Å²) in [5.41, 5.74) is 11.1. The number of benzene rings is 1. The summed E-state index contributed by atoms with van der Waals surface area (Å²) in [5.74, 6) is 0. The van der Waals surface area contributed by atoms with Gasteiger partial charge < -0.3 is 5.73 Å². The van der Waals surface area contributed by atoms with Crippen LogP contribution in [0, 0.1) is 13.8 Å². The molecule has 1 rings (SSSR count). The summed E-state index contributed by atoms with van der Waals surface area (Å²) in [6.07, 6.45) is 2.09. The second kappa shape index (κ2) is 4.43. The van der Waals surface area contributed by atoms with Crippen LogP contribution in [0.1, 0.15) is 36.6 Å². The van der Waals surface area contributed by atoms with E-state index in [0.717, 1.165) is 0 Å². The number of allylic oxidation sites excluding steroid dienone is 1. The number of aryl methyl sites for hydroxylation is 2. The summed E-state index contributed by atoms with van der Waals surface area (Å²) in [5, 5.41) is 0. The Hall–Kier alpha value is -1.08. The molecular formula is C13H19N. The van der Waals surface area contributed by atoms with E-state index in [4.69, 9.17) is 5.73 Å². The molecule has 0 aliphatic carbocycles. The van der Waals surface area contributed by atoms with Gasteiger partial charge in [0.05, 0.1) is 0 Å². The summed E-state index contributed by atoms with van der Waals surface area (Å²) in [7, 11) is 0. The molecule has 0 spiro atoms. The SMILES string of the molecule is CC(C)=CC(N)c1ccc(C)cc1C. The van der Waals surface area contributed by atoms with Gasteiger partial charge in [0.2, 0.25) is 0 Å². The van der Waals surface area contributed by atoms with Gasteiger partial charge in [-0.2, -0.15) is 0 Å². The van der Waals surface area contributed by atoms with Gasteiger partial charge in [-0.05, 0) is 38.8 Å². The van der Waals surface area contributed by atoms with E-state index in [9.17, 15) is 0 Å². The second-order valence-corrected chi connectivity index (χ2v) is 4.13. The maximum absolute atomic E-state index is 6.07. The molecule has 0 aromatic heterocycles. The first-order valence-electron chi connectivity index (χ1n) is 4.98. The van der Waals surface area contributed by atoms with Crippen molar-refractivity contribution in [1.82, 2.24) is 0 Å². The smallest absolute Gasteiger partial charge is 0.0486 e. The van der Waals surface area contributed by atoms with Gasteiger partial charge in [-0.15, -0.1) is 0 Å². The molecule has 76 valence electrons. The molecule has 0 fully saturated rings. The van der Waals surface area contributed by atoms with Gasteiger partial charge >= 0.3 is 0 Å². The normalized spacial score (nSPS) is 12.4. The fraction of sp³-hybridized carbons (Fsp3) is 0.385. The van der Waals surface area contributed by atoms with Crippen molar-refractivity contribution < 1.29 is 0 Å². The largest absolute Gasteiger partial charge is 0.321 e. The Morgan fingerprint density at radius 2 is 1.93 bits per heavy atom. The molecule has 1 atom stereocenters. The zero-order valence-electron chi connectivity index (χ0n) is 9.46. The maximum atomic E-state index is 6.07. The summed E-state index contributed by atoms with van der Waals surface area (Å²) >= 11 is 0. The molecule has 1 aromatic rings. The van der Waals surface area contributed by atoms with Crippen LogP contribution in [0.25, 0.3) is 0 Å². The van der Waals surface area contributed by atoms with E-state index in [-0.39, 0.29) is 6.04 Å². The van der Waals surface area contributed by atoms with Crippen molar-refractivity contribution in [2.45, 2.75) is 33.7 Å². The molecule has 1 heteroatoms. The van der Waals surface area contributed by atoms with E-state index in [2.05, 4.69) is 52.0 Å². The minimum absolute atomic E-state index is 0.0283. The van der Waals surface area contributed by atoms with Crippen LogP contribution in [-0.2, 0) is 0 Å². The Bertz CT molecular complexity index is 346. The van der Waals surface area contributed by atoms with E-state index >= 15 is 0 Å². The van der Waals surface area contributed by atoms with Crippen molar-refractivity contribution in [3.05, 3.63) is 46.5 Å². The number of rotatable bonds is 2. The number of hydrogen-bond acceptors (Lipinski definition) is 1. The lowest BCUT2D eigenvalue weighted by Crippen LogP contribution is -2.09. The van der Waals surface area contributed by atoms with Gasteiger partial charge in [-0.1, -0.05) is 35.4 Å². The third kappa shape index (κ3) is 2.71. The predicted molar refractivity (Wildman–Crippen MR) is 62.3 cm³/mol. The molecule has 0 aliphatic heterocycles. The molecule has 0 saturated carbocycles. The van der Waals surface area contributed by atoms with Gasteiger partial charge in [0.1, 0.15) is 0 Å². The zero-order valence-corrected chi connectivity index (χ0v) is 9.46. The molecule has 14 heavy (non-hydrogen) atoms. The highest BCUT2D eigenvalue weighted by Gasteiger charge is 2.05. The van der Waals surface area contributed by atoms with Crippen LogP contribution in [-0.4, -0.2) is 0 Å². The minimum Gasteiger partial charge on any atom is -0.321 e. The van der Waals surface area contributed by atoms with Crippen molar-refractivity contribution in [2.75, 3.05) is 0 Å². The lowest BCUT2D eigenvalue weighted by atomic mass is 9.98. The fourth-order valence-corrected chi connectivity index (χ4v) is 1.65. The first-order chi connectivity index (χ1) is 6.50. The van der Waals surface area contributed by atoms with Crippen molar-refractivity contribution >= 4 is 0 Å².